The van der Waals surface area contributed by atoms with E-state index in [1.807, 2.05) is 0 Å². The third-order valence-corrected chi connectivity index (χ3v) is 7.77. The molecule has 0 unspecified atom stereocenters. The standard InChI is InChI=1S/C9H18N2.C8H17FN2.C8H18N2/c1-6(2)11-5-7-3-4-8(11)9(7)10;1-6(2)11-4-7(9)3-8(10)5-11;1-7(2)10-5-3-4-8(9)6-10/h6-9H,3-5,10H2,1-2H3;6-8H,3-5,10H2,1-2H3;7-8H,3-6,9H2,1-2H3/t7-,8-,9-;7-,8-;8-/m111/s1. The Labute approximate surface area is 197 Å². The molecule has 0 aromatic carbocycles. The molecule has 0 aromatic heterocycles. The second-order valence-corrected chi connectivity index (χ2v) is 11.4. The van der Waals surface area contributed by atoms with E-state index in [0.29, 0.717) is 49.2 Å². The molecule has 32 heavy (non-hydrogen) atoms. The predicted molar refractivity (Wildman–Crippen MR) is 134 cm³/mol. The fourth-order valence-electron chi connectivity index (χ4n) is 5.72. The van der Waals surface area contributed by atoms with Crippen LogP contribution in [-0.2, 0) is 0 Å². The summed E-state index contributed by atoms with van der Waals surface area (Å²) in [7, 11) is 0. The summed E-state index contributed by atoms with van der Waals surface area (Å²) in [5.41, 5.74) is 17.6. The highest BCUT2D eigenvalue weighted by Gasteiger charge is 2.45. The Balaban J connectivity index is 0.000000170. The Hall–Kier alpha value is -0.310. The van der Waals surface area contributed by atoms with E-state index in [-0.39, 0.29) is 6.04 Å². The summed E-state index contributed by atoms with van der Waals surface area (Å²) < 4.78 is 12.9. The van der Waals surface area contributed by atoms with Gasteiger partial charge in [0.05, 0.1) is 0 Å². The summed E-state index contributed by atoms with van der Waals surface area (Å²) in [4.78, 5) is 7.12. The number of halogens is 1. The van der Waals surface area contributed by atoms with Crippen LogP contribution in [0.3, 0.4) is 0 Å². The van der Waals surface area contributed by atoms with Gasteiger partial charge in [0.15, 0.2) is 0 Å². The first-order chi connectivity index (χ1) is 15.0. The lowest BCUT2D eigenvalue weighted by Crippen LogP contribution is -2.50. The molecule has 7 heteroatoms. The highest BCUT2D eigenvalue weighted by atomic mass is 19.1. The van der Waals surface area contributed by atoms with E-state index in [2.05, 4.69) is 56.2 Å². The van der Waals surface area contributed by atoms with Gasteiger partial charge in [0.25, 0.3) is 0 Å². The monoisotopic (exact) mass is 456 g/mol. The number of nitrogens with zero attached hydrogens (tertiary/aromatic N) is 3. The zero-order chi connectivity index (χ0) is 24.0. The van der Waals surface area contributed by atoms with Crippen LogP contribution in [0.4, 0.5) is 4.39 Å². The highest BCUT2D eigenvalue weighted by Crippen LogP contribution is 2.37. The number of hydrogen-bond acceptors (Lipinski definition) is 6. The van der Waals surface area contributed by atoms with Crippen molar-refractivity contribution >= 4 is 0 Å². The molecule has 4 aliphatic rings. The van der Waals surface area contributed by atoms with E-state index in [1.54, 1.807) is 0 Å². The normalized spacial score (nSPS) is 36.3. The van der Waals surface area contributed by atoms with Crippen molar-refractivity contribution in [3.8, 4) is 0 Å². The summed E-state index contributed by atoms with van der Waals surface area (Å²) in [6.45, 7) is 18.2. The van der Waals surface area contributed by atoms with Crippen LogP contribution in [0.1, 0.15) is 73.6 Å². The van der Waals surface area contributed by atoms with E-state index < -0.39 is 6.17 Å². The maximum Gasteiger partial charge on any atom is 0.114 e. The molecule has 0 radical (unpaired) electrons. The fourth-order valence-corrected chi connectivity index (χ4v) is 5.72. The average Bonchev–Trinajstić information content (AvgIpc) is 3.23. The van der Waals surface area contributed by atoms with Crippen molar-refractivity contribution in [1.29, 1.82) is 0 Å². The van der Waals surface area contributed by atoms with E-state index >= 15 is 0 Å². The molecule has 3 aliphatic heterocycles. The van der Waals surface area contributed by atoms with E-state index in [0.717, 1.165) is 19.0 Å². The summed E-state index contributed by atoms with van der Waals surface area (Å²) in [6, 6.07) is 3.43. The van der Waals surface area contributed by atoms with Crippen LogP contribution in [0.5, 0.6) is 0 Å². The molecule has 1 saturated carbocycles. The van der Waals surface area contributed by atoms with E-state index in [1.165, 1.54) is 38.8 Å². The average molecular weight is 457 g/mol. The molecule has 6 nitrogen and oxygen atoms in total. The Morgan fingerprint density at radius 1 is 0.719 bits per heavy atom. The lowest BCUT2D eigenvalue weighted by molar-refractivity contribution is 0.0987. The summed E-state index contributed by atoms with van der Waals surface area (Å²) in [5.74, 6) is 0.808. The molecule has 4 rings (SSSR count). The Morgan fingerprint density at radius 2 is 1.34 bits per heavy atom. The summed E-state index contributed by atoms with van der Waals surface area (Å²) in [6.07, 6.45) is 5.01. The Bertz CT molecular complexity index is 521. The Morgan fingerprint density at radius 3 is 1.72 bits per heavy atom. The maximum atomic E-state index is 12.9. The first-order valence-corrected chi connectivity index (χ1v) is 13.1. The topological polar surface area (TPSA) is 87.8 Å². The molecule has 3 heterocycles. The number of rotatable bonds is 3. The second kappa shape index (κ2) is 13.0. The van der Waals surface area contributed by atoms with Gasteiger partial charge >= 0.3 is 0 Å². The van der Waals surface area contributed by atoms with E-state index in [4.69, 9.17) is 17.2 Å². The third kappa shape index (κ3) is 8.17. The van der Waals surface area contributed by atoms with Gasteiger partial charge in [0.2, 0.25) is 0 Å². The predicted octanol–water partition coefficient (Wildman–Crippen LogP) is 2.40. The molecule has 0 aromatic rings. The maximum absolute atomic E-state index is 12.9. The van der Waals surface area contributed by atoms with Gasteiger partial charge < -0.3 is 17.2 Å². The molecule has 4 fully saturated rings. The molecule has 0 amide bonds. The first-order valence-electron chi connectivity index (χ1n) is 13.1. The van der Waals surface area contributed by atoms with Crippen LogP contribution in [0, 0.1) is 5.92 Å². The summed E-state index contributed by atoms with van der Waals surface area (Å²) >= 11 is 0. The molecule has 190 valence electrons. The van der Waals surface area contributed by atoms with Crippen molar-refractivity contribution in [3.05, 3.63) is 0 Å². The molecule has 1 aliphatic carbocycles. The SMILES string of the molecule is CC(C)N1CCC[C@@H](N)C1.CC(C)N1C[C@H](N)C[C@@H](F)C1.CC(C)N1C[C@H]2CC[C@@H]1[C@@H]2N. The van der Waals surface area contributed by atoms with Crippen LogP contribution >= 0.6 is 0 Å². The van der Waals surface area contributed by atoms with Crippen LogP contribution in [0.25, 0.3) is 0 Å². The quantitative estimate of drug-likeness (QED) is 0.604. The molecule has 0 spiro atoms. The number of hydrogen-bond donors (Lipinski definition) is 3. The first kappa shape index (κ1) is 27.9. The summed E-state index contributed by atoms with van der Waals surface area (Å²) in [5, 5.41) is 0. The van der Waals surface area contributed by atoms with Crippen LogP contribution < -0.4 is 17.2 Å². The van der Waals surface area contributed by atoms with Gasteiger partial charge in [-0.15, -0.1) is 0 Å². The molecule has 6 atom stereocenters. The van der Waals surface area contributed by atoms with Crippen LogP contribution in [-0.4, -0.2) is 95.9 Å². The Kier molecular flexibility index (Phi) is 11.3. The zero-order valence-electron chi connectivity index (χ0n) is 21.7. The van der Waals surface area contributed by atoms with Gasteiger partial charge in [-0.3, -0.25) is 14.7 Å². The number of nitrogens with two attached hydrogens (primary N) is 3. The van der Waals surface area contributed by atoms with Gasteiger partial charge in [-0.2, -0.15) is 0 Å². The van der Waals surface area contributed by atoms with Crippen molar-refractivity contribution in [2.24, 2.45) is 23.1 Å². The lowest BCUT2D eigenvalue weighted by atomic mass is 10.0. The van der Waals surface area contributed by atoms with Gasteiger partial charge in [-0.1, -0.05) is 0 Å². The molecular weight excluding hydrogens is 403 g/mol. The number of likely N-dealkylation sites (tertiary alicyclic amines) is 3. The van der Waals surface area contributed by atoms with Gasteiger partial charge in [-0.05, 0) is 86.1 Å². The largest absolute Gasteiger partial charge is 0.327 e. The third-order valence-electron chi connectivity index (χ3n) is 7.77. The molecular formula is C25H53FN6. The van der Waals surface area contributed by atoms with E-state index in [9.17, 15) is 4.39 Å². The van der Waals surface area contributed by atoms with Crippen LogP contribution in [0.2, 0.25) is 0 Å². The second-order valence-electron chi connectivity index (χ2n) is 11.4. The fraction of sp³-hybridized carbons (Fsp3) is 1.00. The molecule has 3 saturated heterocycles. The van der Waals surface area contributed by atoms with Crippen molar-refractivity contribution in [3.63, 3.8) is 0 Å². The van der Waals surface area contributed by atoms with Crippen molar-refractivity contribution in [2.45, 2.75) is 122 Å². The van der Waals surface area contributed by atoms with Crippen LogP contribution in [0.15, 0.2) is 0 Å². The number of fused-ring (bicyclic) bond motifs is 2. The minimum atomic E-state index is -0.721. The van der Waals surface area contributed by atoms with Crippen molar-refractivity contribution in [1.82, 2.24) is 14.7 Å². The molecule has 2 bridgehead atoms. The number of piperidine rings is 3. The lowest BCUT2D eigenvalue weighted by Gasteiger charge is -2.35. The minimum absolute atomic E-state index is 0.0288. The zero-order valence-corrected chi connectivity index (χ0v) is 21.7. The smallest absolute Gasteiger partial charge is 0.114 e. The van der Waals surface area contributed by atoms with Gasteiger partial charge in [0.1, 0.15) is 6.17 Å². The highest BCUT2D eigenvalue weighted by molar-refractivity contribution is 5.02. The minimum Gasteiger partial charge on any atom is -0.327 e. The van der Waals surface area contributed by atoms with Gasteiger partial charge in [-0.25, -0.2) is 4.39 Å². The van der Waals surface area contributed by atoms with Gasteiger partial charge in [0, 0.05) is 68.5 Å². The van der Waals surface area contributed by atoms with Crippen molar-refractivity contribution in [2.75, 3.05) is 32.7 Å². The number of alkyl halides is 1. The molecule has 6 N–H and O–H groups in total. The van der Waals surface area contributed by atoms with Crippen molar-refractivity contribution < 1.29 is 4.39 Å².